The van der Waals surface area contributed by atoms with Gasteiger partial charge in [0.2, 0.25) is 0 Å². The second kappa shape index (κ2) is 2.57. The first-order valence-electron chi connectivity index (χ1n) is 1.21. The molecule has 0 aromatic carbocycles. The Morgan fingerprint density at radius 2 is 2.80 bits per heavy atom. The molecule has 0 saturated heterocycles. The molecule has 1 atom stereocenters. The van der Waals surface area contributed by atoms with Crippen LogP contribution in [0.4, 0.5) is 0 Å². The van der Waals surface area contributed by atoms with Crippen LogP contribution >= 0.6 is 0 Å². The molecule has 1 heterocycles. The summed E-state index contributed by atoms with van der Waals surface area (Å²) < 4.78 is 5.92. The Kier molecular flexibility index (Phi) is 2.35. The van der Waals surface area contributed by atoms with Crippen molar-refractivity contribution in [3.05, 3.63) is 0 Å². The maximum absolute atomic E-state index is 3.43. The topological polar surface area (TPSA) is 0 Å². The number of hydrogen-bond donors (Lipinski definition) is 0. The van der Waals surface area contributed by atoms with Crippen molar-refractivity contribution in [3.8, 4) is 0 Å². The zero-order valence-corrected chi connectivity index (χ0v) is 8.32. The van der Waals surface area contributed by atoms with E-state index in [1.54, 1.807) is 0 Å². The third kappa shape index (κ3) is 1.53. The van der Waals surface area contributed by atoms with E-state index in [1.165, 1.54) is 0 Å². The molecule has 0 aromatic rings. The van der Waals surface area contributed by atoms with E-state index in [1.807, 2.05) is 0 Å². The van der Waals surface area contributed by atoms with Crippen molar-refractivity contribution >= 4 is 49.4 Å². The molecule has 1 aliphatic heterocycles. The molecule has 1 aliphatic rings. The normalized spacial score (nSPS) is 28.8. The molecule has 0 saturated carbocycles. The van der Waals surface area contributed by atoms with Gasteiger partial charge in [-0.2, -0.15) is 0 Å². The second-order valence-electron chi connectivity index (χ2n) is 0.597. The molecule has 0 aromatic heterocycles. The van der Waals surface area contributed by atoms with Crippen molar-refractivity contribution in [1.82, 2.24) is 0 Å². The summed E-state index contributed by atoms with van der Waals surface area (Å²) in [5.74, 6) is 0. The van der Waals surface area contributed by atoms with Crippen molar-refractivity contribution in [2.45, 2.75) is 0 Å². The summed E-state index contributed by atoms with van der Waals surface area (Å²) >= 11 is 1.83. The van der Waals surface area contributed by atoms with Crippen molar-refractivity contribution < 1.29 is 0 Å². The Balaban J connectivity index is 2.61. The van der Waals surface area contributed by atoms with Gasteiger partial charge in [-0.1, -0.05) is 0 Å². The van der Waals surface area contributed by atoms with Gasteiger partial charge in [-0.3, -0.25) is 0 Å². The Labute approximate surface area is 49.1 Å². The van der Waals surface area contributed by atoms with Gasteiger partial charge in [-0.05, 0) is 0 Å². The molecule has 0 amide bonds. The molecule has 25 valence electrons. The van der Waals surface area contributed by atoms with Crippen LogP contribution in [0.25, 0.3) is 0 Å². The third-order valence-electron chi connectivity index (χ3n) is 0.295. The first kappa shape index (κ1) is 4.57. The fourth-order valence-electron chi connectivity index (χ4n) is 0.144. The third-order valence-corrected chi connectivity index (χ3v) is 20.2. The molecular weight excluding hydrogens is 249 g/mol. The van der Waals surface area contributed by atoms with E-state index in [0.717, 1.165) is 13.2 Å². The minimum absolute atomic E-state index is 0.469. The summed E-state index contributed by atoms with van der Waals surface area (Å²) in [6.07, 6.45) is 0. The van der Waals surface area contributed by atoms with Gasteiger partial charge in [0, 0.05) is 0 Å². The predicted octanol–water partition coefficient (Wildman–Crippen LogP) is -1.84. The molecule has 0 bridgehead atoms. The average molecular weight is 251 g/mol. The van der Waals surface area contributed by atoms with Gasteiger partial charge < -0.3 is 0 Å². The van der Waals surface area contributed by atoms with Crippen LogP contribution in [0.2, 0.25) is 0 Å². The van der Waals surface area contributed by atoms with Crippen LogP contribution in [-0.2, 0) is 0 Å². The summed E-state index contributed by atoms with van der Waals surface area (Å²) in [6, 6.07) is 0. The Bertz CT molecular complexity index is 63.0. The van der Waals surface area contributed by atoms with E-state index in [4.69, 9.17) is 0 Å². The SMILES string of the molecule is [C]1=[As]C=[As][AsH]1. The Morgan fingerprint density at radius 1 is 1.80 bits per heavy atom. The van der Waals surface area contributed by atoms with Crippen LogP contribution in [-0.4, -0.2) is 49.4 Å². The van der Waals surface area contributed by atoms with Crippen LogP contribution in [0, 0.1) is 0 Å². The molecule has 0 fully saturated rings. The van der Waals surface area contributed by atoms with Gasteiger partial charge in [0.05, 0.1) is 0 Å². The summed E-state index contributed by atoms with van der Waals surface area (Å²) in [6.45, 7) is 0. The van der Waals surface area contributed by atoms with Gasteiger partial charge in [-0.15, -0.1) is 0 Å². The van der Waals surface area contributed by atoms with E-state index < -0.39 is 0 Å². The molecule has 0 spiro atoms. The van der Waals surface area contributed by atoms with Crippen molar-refractivity contribution in [2.75, 3.05) is 0 Å². The molecule has 1 unspecified atom stereocenters. The molecule has 1 rings (SSSR count). The zero-order chi connectivity index (χ0) is 3.54. The van der Waals surface area contributed by atoms with E-state index >= 15 is 0 Å². The summed E-state index contributed by atoms with van der Waals surface area (Å²) in [5, 5.41) is 0. The number of hydrogen-bond acceptors (Lipinski definition) is 0. The monoisotopic (exact) mass is 251 g/mol. The van der Waals surface area contributed by atoms with Gasteiger partial charge >= 0.3 is 49.4 Å². The quantitative estimate of drug-likeness (QED) is 0.443. The van der Waals surface area contributed by atoms with E-state index in [-0.39, 0.29) is 0 Å². The van der Waals surface area contributed by atoms with Gasteiger partial charge in [0.1, 0.15) is 0 Å². The summed E-state index contributed by atoms with van der Waals surface area (Å²) in [5.41, 5.74) is 0. The fraction of sp³-hybridized carbons (Fsp3) is 0. The first-order chi connectivity index (χ1) is 2.50. The molecule has 0 N–H and O–H groups in total. The summed E-state index contributed by atoms with van der Waals surface area (Å²) in [4.78, 5) is 0. The molecule has 1 radical (unpaired) electrons. The van der Waals surface area contributed by atoms with Crippen LogP contribution in [0.5, 0.6) is 0 Å². The standard InChI is InChI=1S/C2H2As3/c1-3-2-5-4-1/h1,5H. The van der Waals surface area contributed by atoms with E-state index in [0.29, 0.717) is 29.0 Å². The van der Waals surface area contributed by atoms with Crippen molar-refractivity contribution in [3.63, 3.8) is 0 Å². The molecular formula is C2H2As3. The average Bonchev–Trinajstić information content (AvgIpc) is 1.76. The van der Waals surface area contributed by atoms with Crippen LogP contribution in [0.3, 0.4) is 0 Å². The molecule has 3 heteroatoms. The van der Waals surface area contributed by atoms with E-state index in [2.05, 4.69) is 7.19 Å². The Hall–Kier alpha value is 1.42. The van der Waals surface area contributed by atoms with Crippen LogP contribution < -0.4 is 0 Å². The Morgan fingerprint density at radius 3 is 3.00 bits per heavy atom. The molecule has 0 nitrogen and oxygen atoms in total. The van der Waals surface area contributed by atoms with Crippen LogP contribution in [0.1, 0.15) is 0 Å². The second-order valence-corrected chi connectivity index (χ2v) is 13.3. The van der Waals surface area contributed by atoms with Crippen LogP contribution in [0.15, 0.2) is 0 Å². The number of rotatable bonds is 0. The minimum atomic E-state index is 0.469. The van der Waals surface area contributed by atoms with Gasteiger partial charge in [0.25, 0.3) is 0 Å². The van der Waals surface area contributed by atoms with E-state index in [9.17, 15) is 0 Å². The van der Waals surface area contributed by atoms with Crippen molar-refractivity contribution in [2.24, 2.45) is 0 Å². The predicted molar refractivity (Wildman–Crippen MR) is 29.7 cm³/mol. The first-order valence-corrected chi connectivity index (χ1v) is 11.2. The summed E-state index contributed by atoms with van der Waals surface area (Å²) in [7, 11) is 0. The maximum atomic E-state index is 3.43. The van der Waals surface area contributed by atoms with Gasteiger partial charge in [-0.25, -0.2) is 0 Å². The molecule has 0 aliphatic carbocycles. The van der Waals surface area contributed by atoms with Gasteiger partial charge in [0.15, 0.2) is 0 Å². The molecule has 5 heavy (non-hydrogen) atoms. The fourth-order valence-corrected chi connectivity index (χ4v) is 20.3. The zero-order valence-electron chi connectivity index (χ0n) is 2.47. The van der Waals surface area contributed by atoms with Crippen molar-refractivity contribution in [1.29, 1.82) is 0 Å².